The number of nitrogens with one attached hydrogen (secondary N) is 2. The Labute approximate surface area is 129 Å². The summed E-state index contributed by atoms with van der Waals surface area (Å²) in [5.74, 6) is -1.84. The lowest BCUT2D eigenvalue weighted by Crippen LogP contribution is -2.40. The van der Waals surface area contributed by atoms with Crippen LogP contribution in [0, 0.1) is 0 Å². The van der Waals surface area contributed by atoms with Crippen LogP contribution < -0.4 is 10.6 Å². The van der Waals surface area contributed by atoms with Crippen molar-refractivity contribution in [3.8, 4) is 0 Å². The van der Waals surface area contributed by atoms with E-state index in [2.05, 4.69) is 10.6 Å². The van der Waals surface area contributed by atoms with E-state index in [4.69, 9.17) is 5.11 Å². The second kappa shape index (κ2) is 7.97. The highest BCUT2D eigenvalue weighted by molar-refractivity contribution is 5.98. The van der Waals surface area contributed by atoms with Crippen molar-refractivity contribution in [3.05, 3.63) is 41.5 Å². The van der Waals surface area contributed by atoms with Crippen molar-refractivity contribution in [2.45, 2.75) is 33.2 Å². The number of aliphatic carboxylic acids is 1. The molecule has 3 N–H and O–H groups in total. The Balaban J connectivity index is 2.83. The molecule has 0 saturated carbocycles. The van der Waals surface area contributed by atoms with Crippen molar-refractivity contribution < 1.29 is 19.5 Å². The van der Waals surface area contributed by atoms with E-state index in [1.165, 1.54) is 13.0 Å². The number of rotatable bonds is 6. The highest BCUT2D eigenvalue weighted by Gasteiger charge is 2.19. The second-order valence-electron chi connectivity index (χ2n) is 5.14. The highest BCUT2D eigenvalue weighted by Crippen LogP contribution is 2.11. The summed E-state index contributed by atoms with van der Waals surface area (Å²) in [5, 5.41) is 14.2. The number of carbonyl (C=O) groups excluding carboxylic acids is 2. The normalized spacial score (nSPS) is 11.2. The van der Waals surface area contributed by atoms with Gasteiger partial charge in [0.1, 0.15) is 6.04 Å². The Hall–Kier alpha value is -2.63. The van der Waals surface area contributed by atoms with Gasteiger partial charge in [0.2, 0.25) is 5.91 Å². The van der Waals surface area contributed by atoms with Crippen LogP contribution in [-0.4, -0.2) is 28.9 Å². The third-order valence-corrected chi connectivity index (χ3v) is 2.81. The Morgan fingerprint density at radius 3 is 2.45 bits per heavy atom. The van der Waals surface area contributed by atoms with Crippen LogP contribution in [0.15, 0.2) is 35.9 Å². The lowest BCUT2D eigenvalue weighted by atomic mass is 10.1. The van der Waals surface area contributed by atoms with Gasteiger partial charge in [-0.05, 0) is 38.5 Å². The number of hydrogen-bond donors (Lipinski definition) is 3. The molecular formula is C16H20N2O4. The van der Waals surface area contributed by atoms with E-state index in [-0.39, 0.29) is 17.9 Å². The summed E-state index contributed by atoms with van der Waals surface area (Å²) in [6.45, 7) is 5.09. The van der Waals surface area contributed by atoms with E-state index in [0.717, 1.165) is 5.57 Å². The monoisotopic (exact) mass is 304 g/mol. The van der Waals surface area contributed by atoms with Crippen molar-refractivity contribution >= 4 is 23.5 Å². The van der Waals surface area contributed by atoms with Crippen LogP contribution in [0.4, 0.5) is 5.69 Å². The summed E-state index contributed by atoms with van der Waals surface area (Å²) in [6.07, 6.45) is 1.97. The Kier molecular flexibility index (Phi) is 6.31. The zero-order chi connectivity index (χ0) is 16.7. The van der Waals surface area contributed by atoms with Crippen LogP contribution in [0.5, 0.6) is 0 Å². The van der Waals surface area contributed by atoms with Crippen LogP contribution in [0.25, 0.3) is 0 Å². The molecule has 0 aromatic heterocycles. The Morgan fingerprint density at radius 2 is 1.91 bits per heavy atom. The first-order valence-corrected chi connectivity index (χ1v) is 6.84. The number of hydrogen-bond acceptors (Lipinski definition) is 3. The molecule has 0 spiro atoms. The maximum absolute atomic E-state index is 12.1. The zero-order valence-corrected chi connectivity index (χ0v) is 12.8. The smallest absolute Gasteiger partial charge is 0.326 e. The fourth-order valence-electron chi connectivity index (χ4n) is 1.76. The standard InChI is InChI=1S/C16H20N2O4/c1-10(2)7-8-14(16(21)22)18-15(20)12-5-4-6-13(9-12)17-11(3)19/h4-7,9,14H,8H2,1-3H3,(H,17,19)(H,18,20)(H,21,22)/t14-/m1/s1. The third kappa shape index (κ3) is 5.78. The fourth-order valence-corrected chi connectivity index (χ4v) is 1.76. The van der Waals surface area contributed by atoms with Gasteiger partial charge in [-0.3, -0.25) is 9.59 Å². The SMILES string of the molecule is CC(=O)Nc1cccc(C(=O)N[C@H](CC=C(C)C)C(=O)O)c1. The lowest BCUT2D eigenvalue weighted by Gasteiger charge is -2.13. The van der Waals surface area contributed by atoms with Gasteiger partial charge in [0.25, 0.3) is 5.91 Å². The first-order valence-electron chi connectivity index (χ1n) is 6.84. The molecule has 0 bridgehead atoms. The van der Waals surface area contributed by atoms with E-state index >= 15 is 0 Å². The first-order chi connectivity index (χ1) is 10.3. The molecule has 22 heavy (non-hydrogen) atoms. The molecule has 2 amide bonds. The topological polar surface area (TPSA) is 95.5 Å². The molecular weight excluding hydrogens is 284 g/mol. The van der Waals surface area contributed by atoms with Gasteiger partial charge in [-0.2, -0.15) is 0 Å². The molecule has 0 fully saturated rings. The van der Waals surface area contributed by atoms with Gasteiger partial charge in [-0.25, -0.2) is 4.79 Å². The van der Waals surface area contributed by atoms with Gasteiger partial charge in [0, 0.05) is 18.2 Å². The number of anilines is 1. The van der Waals surface area contributed by atoms with Crippen LogP contribution in [0.3, 0.4) is 0 Å². The van der Waals surface area contributed by atoms with Crippen molar-refractivity contribution in [2.24, 2.45) is 0 Å². The maximum Gasteiger partial charge on any atom is 0.326 e. The van der Waals surface area contributed by atoms with Crippen LogP contribution in [0.1, 0.15) is 37.6 Å². The molecule has 118 valence electrons. The molecule has 1 rings (SSSR count). The number of carboxylic acids is 1. The van der Waals surface area contributed by atoms with Gasteiger partial charge in [0.05, 0.1) is 0 Å². The fraction of sp³-hybridized carbons (Fsp3) is 0.312. The predicted octanol–water partition coefficient (Wildman–Crippen LogP) is 2.18. The minimum absolute atomic E-state index is 0.217. The molecule has 0 aliphatic heterocycles. The van der Waals surface area contributed by atoms with E-state index in [1.54, 1.807) is 24.3 Å². The average molecular weight is 304 g/mol. The minimum atomic E-state index is -1.09. The number of benzene rings is 1. The summed E-state index contributed by atoms with van der Waals surface area (Å²) in [4.78, 5) is 34.3. The van der Waals surface area contributed by atoms with Gasteiger partial charge in [-0.1, -0.05) is 17.7 Å². The molecule has 0 aliphatic carbocycles. The molecule has 6 nitrogen and oxygen atoms in total. The largest absolute Gasteiger partial charge is 0.480 e. The van der Waals surface area contributed by atoms with Crippen LogP contribution in [-0.2, 0) is 9.59 Å². The number of amides is 2. The minimum Gasteiger partial charge on any atom is -0.480 e. The van der Waals surface area contributed by atoms with Crippen molar-refractivity contribution in [3.63, 3.8) is 0 Å². The Bertz CT molecular complexity index is 604. The Morgan fingerprint density at radius 1 is 1.23 bits per heavy atom. The van der Waals surface area contributed by atoms with Crippen LogP contribution in [0.2, 0.25) is 0 Å². The molecule has 1 atom stereocenters. The third-order valence-electron chi connectivity index (χ3n) is 2.81. The predicted molar refractivity (Wildman–Crippen MR) is 83.7 cm³/mol. The summed E-state index contributed by atoms with van der Waals surface area (Å²) in [6, 6.07) is 5.32. The van der Waals surface area contributed by atoms with Crippen LogP contribution >= 0.6 is 0 Å². The number of carbonyl (C=O) groups is 3. The van der Waals surface area contributed by atoms with Crippen molar-refractivity contribution in [1.29, 1.82) is 0 Å². The summed E-state index contributed by atoms with van der Waals surface area (Å²) in [7, 11) is 0. The van der Waals surface area contributed by atoms with Gasteiger partial charge >= 0.3 is 5.97 Å². The molecule has 0 unspecified atom stereocenters. The van der Waals surface area contributed by atoms with E-state index < -0.39 is 17.9 Å². The van der Waals surface area contributed by atoms with Crippen molar-refractivity contribution in [2.75, 3.05) is 5.32 Å². The number of carboxylic acid groups (broad SMARTS) is 1. The number of allylic oxidation sites excluding steroid dienone is 1. The summed E-state index contributed by atoms with van der Waals surface area (Å²) < 4.78 is 0. The molecule has 0 radical (unpaired) electrons. The first kappa shape index (κ1) is 17.4. The quantitative estimate of drug-likeness (QED) is 0.702. The van der Waals surface area contributed by atoms with Crippen molar-refractivity contribution in [1.82, 2.24) is 5.32 Å². The molecule has 1 aromatic carbocycles. The van der Waals surface area contributed by atoms with Gasteiger partial charge in [-0.15, -0.1) is 0 Å². The van der Waals surface area contributed by atoms with E-state index in [1.807, 2.05) is 13.8 Å². The molecule has 0 aliphatic rings. The van der Waals surface area contributed by atoms with E-state index in [9.17, 15) is 14.4 Å². The average Bonchev–Trinajstić information content (AvgIpc) is 2.42. The molecule has 0 heterocycles. The second-order valence-corrected chi connectivity index (χ2v) is 5.14. The molecule has 6 heteroatoms. The zero-order valence-electron chi connectivity index (χ0n) is 12.8. The summed E-state index contributed by atoms with van der Waals surface area (Å²) >= 11 is 0. The van der Waals surface area contributed by atoms with Gasteiger partial charge < -0.3 is 15.7 Å². The van der Waals surface area contributed by atoms with Gasteiger partial charge in [0.15, 0.2) is 0 Å². The lowest BCUT2D eigenvalue weighted by molar-refractivity contribution is -0.139. The highest BCUT2D eigenvalue weighted by atomic mass is 16.4. The maximum atomic E-state index is 12.1. The summed E-state index contributed by atoms with van der Waals surface area (Å²) in [5.41, 5.74) is 1.75. The van der Waals surface area contributed by atoms with E-state index in [0.29, 0.717) is 5.69 Å². The molecule has 1 aromatic rings. The molecule has 0 saturated heterocycles.